The number of methoxy groups -OCH3 is 1. The average molecular weight is 392 g/mol. The summed E-state index contributed by atoms with van der Waals surface area (Å²) in [5.41, 5.74) is 0. The van der Waals surface area contributed by atoms with Crippen LogP contribution in [-0.4, -0.2) is 44.6 Å². The van der Waals surface area contributed by atoms with Crippen LogP contribution >= 0.6 is 23.2 Å². The number of hydrogen-bond acceptors (Lipinski definition) is 7. The number of nitrogens with zero attached hydrogens (tertiary/aromatic N) is 4. The molecule has 0 amide bonds. The quantitative estimate of drug-likeness (QED) is 0.800. The Morgan fingerprint density at radius 2 is 1.88 bits per heavy atom. The number of anilines is 1. The fourth-order valence-electron chi connectivity index (χ4n) is 1.64. The molecule has 130 valence electrons. The summed E-state index contributed by atoms with van der Waals surface area (Å²) in [4.78, 5) is 13.9. The van der Waals surface area contributed by atoms with Crippen molar-refractivity contribution in [1.29, 1.82) is 0 Å². The van der Waals surface area contributed by atoms with Gasteiger partial charge in [-0.2, -0.15) is 15.0 Å². The second kappa shape index (κ2) is 7.47. The molecule has 1 heterocycles. The standard InChI is InChI=1S/C13H15Cl2N5O3S/c1-20(2)12-17-11(18-13(19-12)23-3)7-16-24(21,22)8-4-5-9(14)10(15)6-8/h4-6,16H,7H2,1-3H3. The van der Waals surface area contributed by atoms with Gasteiger partial charge in [0.2, 0.25) is 16.0 Å². The van der Waals surface area contributed by atoms with E-state index in [0.717, 1.165) is 0 Å². The van der Waals surface area contributed by atoms with Crippen molar-refractivity contribution in [2.24, 2.45) is 0 Å². The van der Waals surface area contributed by atoms with E-state index in [0.29, 0.717) is 5.95 Å². The molecule has 0 bridgehead atoms. The Labute approximate surface area is 149 Å². The van der Waals surface area contributed by atoms with E-state index in [9.17, 15) is 8.42 Å². The van der Waals surface area contributed by atoms with E-state index >= 15 is 0 Å². The second-order valence-corrected chi connectivity index (χ2v) is 7.41. The topological polar surface area (TPSA) is 97.3 Å². The molecule has 2 rings (SSSR count). The second-order valence-electron chi connectivity index (χ2n) is 4.83. The maximum Gasteiger partial charge on any atom is 0.321 e. The smallest absolute Gasteiger partial charge is 0.321 e. The van der Waals surface area contributed by atoms with E-state index in [1.165, 1.54) is 25.3 Å². The maximum atomic E-state index is 12.3. The van der Waals surface area contributed by atoms with Crippen LogP contribution in [0, 0.1) is 0 Å². The van der Waals surface area contributed by atoms with Gasteiger partial charge in [-0.3, -0.25) is 0 Å². The molecule has 0 fully saturated rings. The van der Waals surface area contributed by atoms with Crippen molar-refractivity contribution in [3.8, 4) is 6.01 Å². The summed E-state index contributed by atoms with van der Waals surface area (Å²) in [6.45, 7) is -0.137. The van der Waals surface area contributed by atoms with Gasteiger partial charge in [-0.05, 0) is 18.2 Å². The fourth-order valence-corrected chi connectivity index (χ4v) is 3.01. The van der Waals surface area contributed by atoms with Crippen LogP contribution in [0.15, 0.2) is 23.1 Å². The van der Waals surface area contributed by atoms with Gasteiger partial charge in [-0.25, -0.2) is 13.1 Å². The highest BCUT2D eigenvalue weighted by atomic mass is 35.5. The zero-order valence-corrected chi connectivity index (χ0v) is 15.4. The number of aromatic nitrogens is 3. The molecule has 0 aliphatic heterocycles. The number of halogens is 2. The molecule has 0 unspecified atom stereocenters. The number of sulfonamides is 1. The Balaban J connectivity index is 2.23. The number of hydrogen-bond donors (Lipinski definition) is 1. The van der Waals surface area contributed by atoms with Gasteiger partial charge in [0.15, 0.2) is 5.82 Å². The van der Waals surface area contributed by atoms with Gasteiger partial charge >= 0.3 is 6.01 Å². The molecule has 0 radical (unpaired) electrons. The molecular formula is C13H15Cl2N5O3S. The number of nitrogens with one attached hydrogen (secondary N) is 1. The molecule has 1 N–H and O–H groups in total. The van der Waals surface area contributed by atoms with E-state index < -0.39 is 10.0 Å². The van der Waals surface area contributed by atoms with Gasteiger partial charge < -0.3 is 9.64 Å². The summed E-state index contributed by atoms with van der Waals surface area (Å²) >= 11 is 11.6. The largest absolute Gasteiger partial charge is 0.467 e. The van der Waals surface area contributed by atoms with Crippen molar-refractivity contribution in [3.05, 3.63) is 34.1 Å². The SMILES string of the molecule is COc1nc(CNS(=O)(=O)c2ccc(Cl)c(Cl)c2)nc(N(C)C)n1. The molecule has 0 aliphatic carbocycles. The molecule has 1 aromatic carbocycles. The zero-order valence-electron chi connectivity index (χ0n) is 13.1. The average Bonchev–Trinajstić information content (AvgIpc) is 2.55. The van der Waals surface area contributed by atoms with Gasteiger partial charge in [0.25, 0.3) is 0 Å². The maximum absolute atomic E-state index is 12.3. The van der Waals surface area contributed by atoms with Gasteiger partial charge in [-0.15, -0.1) is 0 Å². The summed E-state index contributed by atoms with van der Waals surface area (Å²) in [6.07, 6.45) is 0. The van der Waals surface area contributed by atoms with Crippen molar-refractivity contribution >= 4 is 39.2 Å². The van der Waals surface area contributed by atoms with Crippen LogP contribution in [0.2, 0.25) is 10.0 Å². The molecule has 11 heteroatoms. The Morgan fingerprint density at radius 1 is 1.17 bits per heavy atom. The van der Waals surface area contributed by atoms with Gasteiger partial charge in [0.1, 0.15) is 0 Å². The van der Waals surface area contributed by atoms with Crippen LogP contribution in [-0.2, 0) is 16.6 Å². The normalized spacial score (nSPS) is 11.4. The molecule has 0 aliphatic rings. The lowest BCUT2D eigenvalue weighted by molar-refractivity contribution is 0.375. The zero-order chi connectivity index (χ0) is 17.9. The monoisotopic (exact) mass is 391 g/mol. The van der Waals surface area contributed by atoms with Crippen molar-refractivity contribution in [2.45, 2.75) is 11.4 Å². The highest BCUT2D eigenvalue weighted by Gasteiger charge is 2.17. The minimum absolute atomic E-state index is 0.00856. The Bertz CT molecular complexity index is 845. The van der Waals surface area contributed by atoms with Crippen LogP contribution < -0.4 is 14.4 Å². The van der Waals surface area contributed by atoms with Crippen LogP contribution in [0.3, 0.4) is 0 Å². The Hall–Kier alpha value is -1.68. The predicted octanol–water partition coefficient (Wildman–Crippen LogP) is 1.73. The highest BCUT2D eigenvalue weighted by Crippen LogP contribution is 2.24. The first kappa shape index (κ1) is 18.7. The van der Waals surface area contributed by atoms with Crippen LogP contribution in [0.4, 0.5) is 5.95 Å². The third-order valence-electron chi connectivity index (χ3n) is 2.85. The molecule has 2 aromatic rings. The van der Waals surface area contributed by atoms with Crippen molar-refractivity contribution < 1.29 is 13.2 Å². The molecule has 0 saturated heterocycles. The molecule has 8 nitrogen and oxygen atoms in total. The number of benzene rings is 1. The Kier molecular flexibility index (Phi) is 5.81. The van der Waals surface area contributed by atoms with Crippen LogP contribution in [0.1, 0.15) is 5.82 Å². The van der Waals surface area contributed by atoms with E-state index in [2.05, 4.69) is 19.7 Å². The van der Waals surface area contributed by atoms with Gasteiger partial charge in [-0.1, -0.05) is 23.2 Å². The van der Waals surface area contributed by atoms with E-state index in [1.807, 2.05) is 0 Å². The fraction of sp³-hybridized carbons (Fsp3) is 0.308. The van der Waals surface area contributed by atoms with Crippen LogP contribution in [0.5, 0.6) is 6.01 Å². The minimum Gasteiger partial charge on any atom is -0.467 e. The molecule has 0 saturated carbocycles. The van der Waals surface area contributed by atoms with Crippen LogP contribution in [0.25, 0.3) is 0 Å². The first-order chi connectivity index (χ1) is 11.2. The lowest BCUT2D eigenvalue weighted by atomic mass is 10.4. The predicted molar refractivity (Wildman–Crippen MR) is 91.2 cm³/mol. The third-order valence-corrected chi connectivity index (χ3v) is 4.99. The van der Waals surface area contributed by atoms with Gasteiger partial charge in [0, 0.05) is 14.1 Å². The number of rotatable bonds is 6. The summed E-state index contributed by atoms with van der Waals surface area (Å²) in [5, 5.41) is 0.421. The van der Waals surface area contributed by atoms with E-state index in [1.54, 1.807) is 19.0 Å². The number of ether oxygens (including phenoxy) is 1. The molecule has 1 aromatic heterocycles. The van der Waals surface area contributed by atoms with E-state index in [4.69, 9.17) is 27.9 Å². The summed E-state index contributed by atoms with van der Waals surface area (Å²) in [5.74, 6) is 0.569. The highest BCUT2D eigenvalue weighted by molar-refractivity contribution is 7.89. The lowest BCUT2D eigenvalue weighted by Gasteiger charge is -2.12. The van der Waals surface area contributed by atoms with E-state index in [-0.39, 0.29) is 33.3 Å². The summed E-state index contributed by atoms with van der Waals surface area (Å²) in [7, 11) is 1.11. The van der Waals surface area contributed by atoms with Gasteiger partial charge in [0.05, 0.1) is 28.6 Å². The first-order valence-corrected chi connectivity index (χ1v) is 8.88. The molecular weight excluding hydrogens is 377 g/mol. The Morgan fingerprint density at radius 3 is 2.46 bits per heavy atom. The van der Waals surface area contributed by atoms with Crippen molar-refractivity contribution in [2.75, 3.05) is 26.1 Å². The minimum atomic E-state index is -3.80. The van der Waals surface area contributed by atoms with Crippen molar-refractivity contribution in [1.82, 2.24) is 19.7 Å². The molecule has 0 spiro atoms. The summed E-state index contributed by atoms with van der Waals surface area (Å²) < 4.78 is 32.0. The molecule has 0 atom stereocenters. The first-order valence-electron chi connectivity index (χ1n) is 6.64. The summed E-state index contributed by atoms with van der Waals surface area (Å²) in [6, 6.07) is 4.13. The third kappa shape index (κ3) is 4.44. The lowest BCUT2D eigenvalue weighted by Crippen LogP contribution is -2.25. The molecule has 24 heavy (non-hydrogen) atoms. The van der Waals surface area contributed by atoms with Crippen molar-refractivity contribution in [3.63, 3.8) is 0 Å².